The Balaban J connectivity index is 3.08. The Labute approximate surface area is 98.3 Å². The Morgan fingerprint density at radius 2 is 1.62 bits per heavy atom. The van der Waals surface area contributed by atoms with E-state index in [9.17, 15) is 0 Å². The van der Waals surface area contributed by atoms with Crippen molar-refractivity contribution in [2.75, 3.05) is 60.3 Å². The number of aliphatic hydroxyl groups is 1. The van der Waals surface area contributed by atoms with Gasteiger partial charge in [0, 0.05) is 20.2 Å². The third-order valence-electron chi connectivity index (χ3n) is 2.00. The summed E-state index contributed by atoms with van der Waals surface area (Å²) in [6.07, 6.45) is -0.289. The Hall–Kier alpha value is -0.200. The Bertz CT molecular complexity index is 144. The molecular formula is C11H25NO4. The fourth-order valence-corrected chi connectivity index (χ4v) is 1.23. The first-order chi connectivity index (χ1) is 7.66. The number of hydrogen-bond acceptors (Lipinski definition) is 5. The van der Waals surface area contributed by atoms with Gasteiger partial charge in [-0.05, 0) is 14.0 Å². The van der Waals surface area contributed by atoms with Crippen molar-refractivity contribution >= 4 is 0 Å². The molecule has 0 aromatic carbocycles. The predicted octanol–water partition coefficient (Wildman–Crippen LogP) is -0.0214. The number of rotatable bonds is 11. The van der Waals surface area contributed by atoms with Gasteiger partial charge in [-0.2, -0.15) is 0 Å². The minimum absolute atomic E-state index is 0.289. The van der Waals surface area contributed by atoms with Gasteiger partial charge in [-0.3, -0.25) is 0 Å². The maximum absolute atomic E-state index is 9.13. The highest BCUT2D eigenvalue weighted by molar-refractivity contribution is 4.55. The van der Waals surface area contributed by atoms with Crippen molar-refractivity contribution in [1.82, 2.24) is 4.90 Å². The maximum atomic E-state index is 9.13. The number of likely N-dealkylation sites (N-methyl/N-ethyl adjacent to an activating group) is 1. The lowest BCUT2D eigenvalue weighted by molar-refractivity contribution is 0.0187. The number of ether oxygens (including phenoxy) is 3. The highest BCUT2D eigenvalue weighted by atomic mass is 16.5. The average molecular weight is 235 g/mol. The van der Waals surface area contributed by atoms with Crippen LogP contribution in [0.2, 0.25) is 0 Å². The van der Waals surface area contributed by atoms with Crippen molar-refractivity contribution in [3.05, 3.63) is 0 Å². The van der Waals surface area contributed by atoms with E-state index in [0.717, 1.165) is 6.54 Å². The zero-order valence-corrected chi connectivity index (χ0v) is 10.6. The molecule has 1 N–H and O–H groups in total. The van der Waals surface area contributed by atoms with Crippen LogP contribution in [0.4, 0.5) is 0 Å². The van der Waals surface area contributed by atoms with Gasteiger partial charge in [0.25, 0.3) is 0 Å². The zero-order valence-electron chi connectivity index (χ0n) is 10.6. The van der Waals surface area contributed by atoms with Crippen LogP contribution in [-0.2, 0) is 14.2 Å². The lowest BCUT2D eigenvalue weighted by Crippen LogP contribution is -2.30. The molecule has 1 unspecified atom stereocenters. The van der Waals surface area contributed by atoms with Gasteiger partial charge in [0.1, 0.15) is 0 Å². The Morgan fingerprint density at radius 3 is 2.19 bits per heavy atom. The first-order valence-electron chi connectivity index (χ1n) is 5.68. The van der Waals surface area contributed by atoms with Gasteiger partial charge in [-0.15, -0.1) is 0 Å². The van der Waals surface area contributed by atoms with Crippen LogP contribution in [0.25, 0.3) is 0 Å². The first-order valence-corrected chi connectivity index (χ1v) is 5.68. The van der Waals surface area contributed by atoms with Crippen LogP contribution in [0, 0.1) is 0 Å². The van der Waals surface area contributed by atoms with Crippen LogP contribution in [0.1, 0.15) is 6.92 Å². The van der Waals surface area contributed by atoms with Crippen LogP contribution in [0.15, 0.2) is 0 Å². The average Bonchev–Trinajstić information content (AvgIpc) is 2.21. The van der Waals surface area contributed by atoms with Gasteiger partial charge < -0.3 is 24.2 Å². The highest BCUT2D eigenvalue weighted by Gasteiger charge is 2.01. The van der Waals surface area contributed by atoms with E-state index < -0.39 is 0 Å². The smallest absolute Gasteiger partial charge is 0.0701 e. The predicted molar refractivity (Wildman–Crippen MR) is 62.7 cm³/mol. The fourth-order valence-electron chi connectivity index (χ4n) is 1.23. The van der Waals surface area contributed by atoms with Gasteiger partial charge in [-0.25, -0.2) is 0 Å². The number of methoxy groups -OCH3 is 1. The van der Waals surface area contributed by atoms with Crippen molar-refractivity contribution in [3.63, 3.8) is 0 Å². The topological polar surface area (TPSA) is 51.2 Å². The molecule has 0 aliphatic rings. The van der Waals surface area contributed by atoms with E-state index in [0.29, 0.717) is 39.6 Å². The van der Waals surface area contributed by atoms with E-state index in [-0.39, 0.29) is 6.10 Å². The molecule has 0 amide bonds. The lowest BCUT2D eigenvalue weighted by atomic mass is 10.4. The molecule has 0 aromatic rings. The molecule has 16 heavy (non-hydrogen) atoms. The largest absolute Gasteiger partial charge is 0.392 e. The first kappa shape index (κ1) is 15.8. The molecule has 98 valence electrons. The monoisotopic (exact) mass is 235 g/mol. The normalized spacial score (nSPS) is 13.3. The molecule has 0 aromatic heterocycles. The molecule has 5 nitrogen and oxygen atoms in total. The summed E-state index contributed by atoms with van der Waals surface area (Å²) in [4.78, 5) is 2.04. The minimum atomic E-state index is -0.289. The van der Waals surface area contributed by atoms with Crippen LogP contribution >= 0.6 is 0 Å². The summed E-state index contributed by atoms with van der Waals surface area (Å²) in [7, 11) is 3.61. The third-order valence-corrected chi connectivity index (χ3v) is 2.00. The molecule has 0 heterocycles. The van der Waals surface area contributed by atoms with Crippen molar-refractivity contribution in [3.8, 4) is 0 Å². The quantitative estimate of drug-likeness (QED) is 0.510. The summed E-state index contributed by atoms with van der Waals surface area (Å²) in [5.74, 6) is 0. The van der Waals surface area contributed by atoms with E-state index in [2.05, 4.69) is 0 Å². The van der Waals surface area contributed by atoms with E-state index in [4.69, 9.17) is 19.3 Å². The van der Waals surface area contributed by atoms with Crippen molar-refractivity contribution in [2.24, 2.45) is 0 Å². The highest BCUT2D eigenvalue weighted by Crippen LogP contribution is 1.88. The molecule has 0 rings (SSSR count). The third kappa shape index (κ3) is 11.9. The molecule has 0 saturated heterocycles. The van der Waals surface area contributed by atoms with E-state index in [1.807, 2.05) is 11.9 Å². The van der Waals surface area contributed by atoms with E-state index in [1.54, 1.807) is 14.0 Å². The molecule has 0 aliphatic carbocycles. The van der Waals surface area contributed by atoms with Gasteiger partial charge in [0.05, 0.1) is 39.1 Å². The number of hydrogen-bond donors (Lipinski definition) is 1. The second kappa shape index (κ2) is 11.3. The molecule has 0 radical (unpaired) electrons. The standard InChI is InChI=1S/C11H25NO4/c1-11(13)10-12(2)4-5-15-8-9-16-7-6-14-3/h11,13H,4-10H2,1-3H3. The Kier molecular flexibility index (Phi) is 11.1. The van der Waals surface area contributed by atoms with Crippen LogP contribution in [0.3, 0.4) is 0 Å². The fraction of sp³-hybridized carbons (Fsp3) is 1.00. The summed E-state index contributed by atoms with van der Waals surface area (Å²) < 4.78 is 15.5. The molecule has 0 bridgehead atoms. The Morgan fingerprint density at radius 1 is 1.06 bits per heavy atom. The summed E-state index contributed by atoms with van der Waals surface area (Å²) in [6, 6.07) is 0. The summed E-state index contributed by atoms with van der Waals surface area (Å²) >= 11 is 0. The summed E-state index contributed by atoms with van der Waals surface area (Å²) in [5.41, 5.74) is 0. The van der Waals surface area contributed by atoms with Crippen molar-refractivity contribution < 1.29 is 19.3 Å². The molecule has 0 saturated carbocycles. The van der Waals surface area contributed by atoms with Gasteiger partial charge in [-0.1, -0.05) is 0 Å². The van der Waals surface area contributed by atoms with Gasteiger partial charge in [0.2, 0.25) is 0 Å². The molecule has 1 atom stereocenters. The van der Waals surface area contributed by atoms with Crippen molar-refractivity contribution in [2.45, 2.75) is 13.0 Å². The number of aliphatic hydroxyl groups excluding tert-OH is 1. The SMILES string of the molecule is COCCOCCOCCN(C)CC(C)O. The van der Waals surface area contributed by atoms with Crippen molar-refractivity contribution in [1.29, 1.82) is 0 Å². The van der Waals surface area contributed by atoms with Crippen LogP contribution in [-0.4, -0.2) is 76.4 Å². The molecule has 0 spiro atoms. The second-order valence-corrected chi connectivity index (χ2v) is 3.83. The van der Waals surface area contributed by atoms with Gasteiger partial charge in [0.15, 0.2) is 0 Å². The molecule has 0 aliphatic heterocycles. The maximum Gasteiger partial charge on any atom is 0.0701 e. The van der Waals surface area contributed by atoms with Crippen LogP contribution in [0.5, 0.6) is 0 Å². The zero-order chi connectivity index (χ0) is 12.2. The molecular weight excluding hydrogens is 210 g/mol. The lowest BCUT2D eigenvalue weighted by Gasteiger charge is -2.17. The van der Waals surface area contributed by atoms with Crippen LogP contribution < -0.4 is 0 Å². The second-order valence-electron chi connectivity index (χ2n) is 3.83. The minimum Gasteiger partial charge on any atom is -0.392 e. The number of nitrogens with zero attached hydrogens (tertiary/aromatic N) is 1. The van der Waals surface area contributed by atoms with E-state index >= 15 is 0 Å². The van der Waals surface area contributed by atoms with Gasteiger partial charge >= 0.3 is 0 Å². The summed E-state index contributed by atoms with van der Waals surface area (Å²) in [6.45, 7) is 6.38. The summed E-state index contributed by atoms with van der Waals surface area (Å²) in [5, 5.41) is 9.13. The van der Waals surface area contributed by atoms with E-state index in [1.165, 1.54) is 0 Å². The molecule has 5 heteroatoms. The molecule has 0 fully saturated rings.